The number of halogens is 1. The minimum atomic E-state index is -0.469. The summed E-state index contributed by atoms with van der Waals surface area (Å²) in [5.74, 6) is -0.222. The molecule has 6 nitrogen and oxygen atoms in total. The third-order valence-corrected chi connectivity index (χ3v) is 13.0. The Balaban J connectivity index is 1.62. The number of carbonyl (C=O) groups excluding carboxylic acids is 2. The number of unbranched alkanes of at least 4 members (excludes halogenated alkanes) is 17. The normalized spacial score (nSPS) is 22.7. The number of nitrogens with zero attached hydrogens (tertiary/aromatic N) is 1. The number of esters is 1. The zero-order chi connectivity index (χ0) is 37.9. The van der Waals surface area contributed by atoms with Crippen molar-refractivity contribution in [1.82, 2.24) is 4.90 Å². The van der Waals surface area contributed by atoms with Gasteiger partial charge in [0.1, 0.15) is 12.6 Å². The second kappa shape index (κ2) is 29.1. The van der Waals surface area contributed by atoms with Gasteiger partial charge in [-0.15, -0.1) is 11.6 Å². The number of alkyl halides is 1. The van der Waals surface area contributed by atoms with Crippen molar-refractivity contribution in [2.45, 2.75) is 211 Å². The Kier molecular flexibility index (Phi) is 26.3. The number of aliphatic hydroxyl groups is 2. The fraction of sp³-hybridized carbons (Fsp3) is 0.867. The van der Waals surface area contributed by atoms with Gasteiger partial charge in [-0.25, -0.2) is 0 Å². The van der Waals surface area contributed by atoms with Crippen LogP contribution in [-0.2, 0) is 14.3 Å². The largest absolute Gasteiger partial charge is 0.457 e. The van der Waals surface area contributed by atoms with Gasteiger partial charge in [-0.2, -0.15) is 0 Å². The Morgan fingerprint density at radius 2 is 1.42 bits per heavy atom. The molecule has 0 spiro atoms. The molecule has 52 heavy (non-hydrogen) atoms. The predicted octanol–water partition coefficient (Wildman–Crippen LogP) is 11.3. The summed E-state index contributed by atoms with van der Waals surface area (Å²) >= 11 is 6.70. The van der Waals surface area contributed by atoms with Crippen LogP contribution >= 0.6 is 11.6 Å². The third kappa shape index (κ3) is 18.4. The van der Waals surface area contributed by atoms with Gasteiger partial charge in [-0.05, 0) is 82.7 Å². The molecule has 1 unspecified atom stereocenters. The minimum absolute atomic E-state index is 0.0233. The first-order valence-corrected chi connectivity index (χ1v) is 22.4. The van der Waals surface area contributed by atoms with Crippen LogP contribution in [0, 0.1) is 17.3 Å². The predicted molar refractivity (Wildman–Crippen MR) is 219 cm³/mol. The van der Waals surface area contributed by atoms with E-state index in [1.54, 1.807) is 0 Å². The van der Waals surface area contributed by atoms with Crippen LogP contribution in [0.5, 0.6) is 0 Å². The number of rotatable bonds is 33. The van der Waals surface area contributed by atoms with Crippen molar-refractivity contribution in [2.24, 2.45) is 17.3 Å². The summed E-state index contributed by atoms with van der Waals surface area (Å²) in [5, 5.41) is 21.5. The number of aldehydes is 1. The lowest BCUT2D eigenvalue weighted by Crippen LogP contribution is -2.40. The van der Waals surface area contributed by atoms with Crippen molar-refractivity contribution in [2.75, 3.05) is 20.2 Å². The Labute approximate surface area is 324 Å². The minimum Gasteiger partial charge on any atom is -0.457 e. The SMILES string of the molecule is CCCCCCCCCCCCCCCCCCCCN(C)C(CCC=CC[C@@H]1[C@@H](C=CC[C@H](O)C2(CC)CCC2)[C@H](O)C[C@H]1Cl)C(=O)OCC=O. The fourth-order valence-electron chi connectivity index (χ4n) is 8.61. The number of likely N-dealkylation sites (N-methyl/N-ethyl adjacent to an activating group) is 1. The second-order valence-electron chi connectivity index (χ2n) is 16.4. The Bertz CT molecular complexity index is 962. The van der Waals surface area contributed by atoms with Gasteiger partial charge in [0.15, 0.2) is 6.29 Å². The Morgan fingerprint density at radius 3 is 1.92 bits per heavy atom. The average molecular weight is 751 g/mol. The Hall–Kier alpha value is -1.21. The van der Waals surface area contributed by atoms with E-state index in [0.717, 1.165) is 45.1 Å². The van der Waals surface area contributed by atoms with Gasteiger partial charge < -0.3 is 14.9 Å². The van der Waals surface area contributed by atoms with Gasteiger partial charge >= 0.3 is 5.97 Å². The zero-order valence-corrected chi connectivity index (χ0v) is 34.6. The summed E-state index contributed by atoms with van der Waals surface area (Å²) in [6.07, 6.45) is 40.2. The first kappa shape index (κ1) is 46.9. The highest BCUT2D eigenvalue weighted by molar-refractivity contribution is 6.21. The maximum atomic E-state index is 12.9. The number of ether oxygens (including phenoxy) is 1. The van der Waals surface area contributed by atoms with E-state index in [2.05, 4.69) is 43.1 Å². The summed E-state index contributed by atoms with van der Waals surface area (Å²) < 4.78 is 5.24. The molecule has 2 rings (SSSR count). The lowest BCUT2D eigenvalue weighted by atomic mass is 9.63. The third-order valence-electron chi connectivity index (χ3n) is 12.5. The van der Waals surface area contributed by atoms with Crippen LogP contribution in [0.4, 0.5) is 0 Å². The molecular formula is C45H80ClNO5. The number of hydrogen-bond donors (Lipinski definition) is 2. The molecule has 0 radical (unpaired) electrons. The monoisotopic (exact) mass is 750 g/mol. The lowest BCUT2D eigenvalue weighted by Gasteiger charge is -2.45. The van der Waals surface area contributed by atoms with Crippen molar-refractivity contribution in [3.63, 3.8) is 0 Å². The van der Waals surface area contributed by atoms with Crippen molar-refractivity contribution in [3.05, 3.63) is 24.3 Å². The molecule has 2 fully saturated rings. The van der Waals surface area contributed by atoms with Crippen LogP contribution in [0.2, 0.25) is 0 Å². The number of carbonyl (C=O) groups is 2. The average Bonchev–Trinajstić information content (AvgIpc) is 3.38. The molecule has 0 amide bonds. The maximum absolute atomic E-state index is 12.9. The van der Waals surface area contributed by atoms with Gasteiger partial charge in [-0.3, -0.25) is 14.5 Å². The number of hydrogen-bond acceptors (Lipinski definition) is 6. The van der Waals surface area contributed by atoms with E-state index < -0.39 is 6.10 Å². The van der Waals surface area contributed by atoms with Crippen molar-refractivity contribution in [3.8, 4) is 0 Å². The summed E-state index contributed by atoms with van der Waals surface area (Å²) in [6, 6.07) is -0.381. The summed E-state index contributed by atoms with van der Waals surface area (Å²) in [4.78, 5) is 25.8. The van der Waals surface area contributed by atoms with Crippen molar-refractivity contribution in [1.29, 1.82) is 0 Å². The first-order valence-electron chi connectivity index (χ1n) is 21.9. The molecule has 2 N–H and O–H groups in total. The Morgan fingerprint density at radius 1 is 0.865 bits per heavy atom. The maximum Gasteiger partial charge on any atom is 0.323 e. The highest BCUT2D eigenvalue weighted by Gasteiger charge is 2.42. The van der Waals surface area contributed by atoms with E-state index in [-0.39, 0.29) is 47.3 Å². The summed E-state index contributed by atoms with van der Waals surface area (Å²) in [5.41, 5.74) is 0.0761. The highest BCUT2D eigenvalue weighted by Crippen LogP contribution is 2.48. The van der Waals surface area contributed by atoms with Gasteiger partial charge in [0.05, 0.1) is 12.2 Å². The summed E-state index contributed by atoms with van der Waals surface area (Å²) in [6.45, 7) is 5.08. The van der Waals surface area contributed by atoms with E-state index in [4.69, 9.17) is 16.3 Å². The molecule has 7 heteroatoms. The molecule has 0 aromatic carbocycles. The van der Waals surface area contributed by atoms with Crippen LogP contribution < -0.4 is 0 Å². The van der Waals surface area contributed by atoms with E-state index in [1.165, 1.54) is 116 Å². The second-order valence-corrected chi connectivity index (χ2v) is 17.0. The molecule has 2 aliphatic rings. The fourth-order valence-corrected chi connectivity index (χ4v) is 9.06. The molecule has 0 bridgehead atoms. The number of aliphatic hydroxyl groups excluding tert-OH is 2. The highest BCUT2D eigenvalue weighted by atomic mass is 35.5. The van der Waals surface area contributed by atoms with Crippen molar-refractivity contribution >= 4 is 23.9 Å². The summed E-state index contributed by atoms with van der Waals surface area (Å²) in [7, 11) is 1.99. The van der Waals surface area contributed by atoms with E-state index >= 15 is 0 Å². The van der Waals surface area contributed by atoms with Gasteiger partial charge in [0.2, 0.25) is 0 Å². The van der Waals surface area contributed by atoms with Crippen LogP contribution in [0.25, 0.3) is 0 Å². The molecule has 0 aromatic heterocycles. The van der Waals surface area contributed by atoms with Crippen LogP contribution in [0.3, 0.4) is 0 Å². The van der Waals surface area contributed by atoms with Crippen LogP contribution in [-0.4, -0.2) is 71.2 Å². The van der Waals surface area contributed by atoms with Crippen molar-refractivity contribution < 1.29 is 24.5 Å². The number of allylic oxidation sites excluding steroid dienone is 2. The topological polar surface area (TPSA) is 87.1 Å². The molecule has 0 heterocycles. The standard InChI is InChI=1S/C45H80ClNO5/c1-4-6-7-8-9-10-11-12-13-14-15-16-17-18-19-20-21-25-34-47(3)41(44(51)52-36-35-48)30-24-22-23-28-38-39(42(49)37-40(38)46)29-26-31-43(50)45(5-2)32-27-33-45/h22-23,26,29,35,38-43,49-50H,4-21,24-25,27-28,30-34,36-37H2,1-3H3/t38-,39-,40-,41?,42-,43+/m1/s1. The van der Waals surface area contributed by atoms with E-state index in [9.17, 15) is 19.8 Å². The van der Waals surface area contributed by atoms with E-state index in [0.29, 0.717) is 25.5 Å². The molecule has 302 valence electrons. The molecule has 0 aromatic rings. The molecular weight excluding hydrogens is 670 g/mol. The molecule has 0 aliphatic heterocycles. The van der Waals surface area contributed by atoms with Crippen LogP contribution in [0.1, 0.15) is 187 Å². The van der Waals surface area contributed by atoms with Crippen LogP contribution in [0.15, 0.2) is 24.3 Å². The van der Waals surface area contributed by atoms with Gasteiger partial charge in [0, 0.05) is 11.3 Å². The van der Waals surface area contributed by atoms with E-state index in [1.807, 2.05) is 7.05 Å². The zero-order valence-electron chi connectivity index (χ0n) is 33.8. The first-order chi connectivity index (χ1) is 25.3. The lowest BCUT2D eigenvalue weighted by molar-refractivity contribution is -0.151. The molecule has 0 saturated heterocycles. The molecule has 6 atom stereocenters. The smallest absolute Gasteiger partial charge is 0.323 e. The van der Waals surface area contributed by atoms with Gasteiger partial charge in [0.25, 0.3) is 0 Å². The molecule has 2 aliphatic carbocycles. The van der Waals surface area contributed by atoms with Gasteiger partial charge in [-0.1, -0.05) is 154 Å². The quantitative estimate of drug-likeness (QED) is 0.0228. The molecule has 2 saturated carbocycles.